The Morgan fingerprint density at radius 1 is 1.19 bits per heavy atom. The lowest BCUT2D eigenvalue weighted by Crippen LogP contribution is -2.22. The number of benzene rings is 1. The summed E-state index contributed by atoms with van der Waals surface area (Å²) in [5.74, 6) is 0.772. The molecule has 2 aromatic heterocycles. The second-order valence-corrected chi connectivity index (χ2v) is 7.57. The molecule has 1 N–H and O–H groups in total. The predicted octanol–water partition coefficient (Wildman–Crippen LogP) is 3.79. The third-order valence-corrected chi connectivity index (χ3v) is 5.25. The van der Waals surface area contributed by atoms with Crippen molar-refractivity contribution < 1.29 is 4.79 Å². The standard InChI is InChI=1S/C19H19N5OS/c1-13(18(25)21-15-7-3-2-4-8-15)26-19-23-22-17(24(19)16-9-10-16)14-6-5-11-20-12-14/h2-8,11-13,16H,9-10H2,1H3,(H,21,25). The fourth-order valence-electron chi connectivity index (χ4n) is 2.69. The molecule has 1 amide bonds. The Morgan fingerprint density at radius 3 is 2.69 bits per heavy atom. The van der Waals surface area contributed by atoms with E-state index in [1.54, 1.807) is 12.4 Å². The second-order valence-electron chi connectivity index (χ2n) is 6.26. The number of nitrogens with zero attached hydrogens (tertiary/aromatic N) is 4. The monoisotopic (exact) mass is 365 g/mol. The Hall–Kier alpha value is -2.67. The Morgan fingerprint density at radius 2 is 2.00 bits per heavy atom. The SMILES string of the molecule is CC(Sc1nnc(-c2cccnc2)n1C1CC1)C(=O)Nc1ccccc1. The molecule has 0 spiro atoms. The van der Waals surface area contributed by atoms with Gasteiger partial charge >= 0.3 is 0 Å². The van der Waals surface area contributed by atoms with E-state index in [4.69, 9.17) is 0 Å². The molecule has 4 rings (SSSR count). The van der Waals surface area contributed by atoms with Gasteiger partial charge in [0.1, 0.15) is 0 Å². The van der Waals surface area contributed by atoms with E-state index in [1.807, 2.05) is 49.4 Å². The van der Waals surface area contributed by atoms with Gasteiger partial charge in [-0.3, -0.25) is 14.3 Å². The molecule has 1 unspecified atom stereocenters. The summed E-state index contributed by atoms with van der Waals surface area (Å²) in [6.07, 6.45) is 5.77. The smallest absolute Gasteiger partial charge is 0.237 e. The van der Waals surface area contributed by atoms with E-state index in [0.717, 1.165) is 35.1 Å². The van der Waals surface area contributed by atoms with Gasteiger partial charge in [0, 0.05) is 29.7 Å². The topological polar surface area (TPSA) is 72.7 Å². The first-order chi connectivity index (χ1) is 12.7. The van der Waals surface area contributed by atoms with Crippen LogP contribution in [0.3, 0.4) is 0 Å². The van der Waals surface area contributed by atoms with Crippen molar-refractivity contribution >= 4 is 23.4 Å². The van der Waals surface area contributed by atoms with Gasteiger partial charge in [0.25, 0.3) is 0 Å². The van der Waals surface area contributed by atoms with Crippen molar-refractivity contribution in [2.45, 2.75) is 36.2 Å². The van der Waals surface area contributed by atoms with Gasteiger partial charge in [-0.05, 0) is 44.0 Å². The van der Waals surface area contributed by atoms with Crippen LogP contribution in [0, 0.1) is 0 Å². The third kappa shape index (κ3) is 3.62. The number of carbonyl (C=O) groups is 1. The lowest BCUT2D eigenvalue weighted by atomic mass is 10.3. The van der Waals surface area contributed by atoms with E-state index in [1.165, 1.54) is 11.8 Å². The predicted molar refractivity (Wildman–Crippen MR) is 102 cm³/mol. The van der Waals surface area contributed by atoms with Gasteiger partial charge in [-0.1, -0.05) is 30.0 Å². The van der Waals surface area contributed by atoms with Gasteiger partial charge in [0.05, 0.1) is 5.25 Å². The van der Waals surface area contributed by atoms with Crippen molar-refractivity contribution in [3.8, 4) is 11.4 Å². The van der Waals surface area contributed by atoms with Crippen molar-refractivity contribution in [2.24, 2.45) is 0 Å². The van der Waals surface area contributed by atoms with E-state index >= 15 is 0 Å². The number of nitrogens with one attached hydrogen (secondary N) is 1. The molecule has 2 heterocycles. The molecule has 1 atom stereocenters. The Bertz CT molecular complexity index is 893. The van der Waals surface area contributed by atoms with E-state index in [-0.39, 0.29) is 11.2 Å². The van der Waals surface area contributed by atoms with Crippen LogP contribution in [-0.2, 0) is 4.79 Å². The Kier molecular flexibility index (Phi) is 4.71. The minimum Gasteiger partial charge on any atom is -0.325 e. The molecule has 1 fully saturated rings. The quantitative estimate of drug-likeness (QED) is 0.673. The van der Waals surface area contributed by atoms with Crippen LogP contribution in [0.1, 0.15) is 25.8 Å². The highest BCUT2D eigenvalue weighted by atomic mass is 32.2. The van der Waals surface area contributed by atoms with Gasteiger partial charge in [-0.15, -0.1) is 10.2 Å². The minimum absolute atomic E-state index is 0.0468. The summed E-state index contributed by atoms with van der Waals surface area (Å²) in [6.45, 7) is 1.89. The van der Waals surface area contributed by atoms with Crippen LogP contribution in [0.25, 0.3) is 11.4 Å². The number of rotatable bonds is 6. The zero-order chi connectivity index (χ0) is 17.9. The molecule has 0 bridgehead atoms. The van der Waals surface area contributed by atoms with Crippen molar-refractivity contribution in [3.63, 3.8) is 0 Å². The molecule has 1 aromatic carbocycles. The number of carbonyl (C=O) groups excluding carboxylic acids is 1. The van der Waals surface area contributed by atoms with Crippen LogP contribution in [0.2, 0.25) is 0 Å². The lowest BCUT2D eigenvalue weighted by Gasteiger charge is -2.13. The number of thioether (sulfide) groups is 1. The second kappa shape index (κ2) is 7.29. The molecule has 6 nitrogen and oxygen atoms in total. The summed E-state index contributed by atoms with van der Waals surface area (Å²) < 4.78 is 2.15. The van der Waals surface area contributed by atoms with E-state index < -0.39 is 0 Å². The maximum atomic E-state index is 12.5. The normalized spacial score (nSPS) is 14.8. The zero-order valence-electron chi connectivity index (χ0n) is 14.4. The summed E-state index contributed by atoms with van der Waals surface area (Å²) in [5, 5.41) is 12.2. The molecule has 132 valence electrons. The fraction of sp³-hybridized carbons (Fsp3) is 0.263. The van der Waals surface area contributed by atoms with Gasteiger partial charge < -0.3 is 5.32 Å². The van der Waals surface area contributed by atoms with Crippen molar-refractivity contribution in [3.05, 3.63) is 54.9 Å². The van der Waals surface area contributed by atoms with E-state index in [0.29, 0.717) is 6.04 Å². The van der Waals surface area contributed by atoms with Crippen molar-refractivity contribution in [1.82, 2.24) is 19.7 Å². The third-order valence-electron chi connectivity index (χ3n) is 4.19. The minimum atomic E-state index is -0.279. The molecule has 7 heteroatoms. The maximum Gasteiger partial charge on any atom is 0.237 e. The number of aromatic nitrogens is 4. The average molecular weight is 365 g/mol. The Balaban J connectivity index is 1.53. The molecule has 0 radical (unpaired) electrons. The van der Waals surface area contributed by atoms with Gasteiger partial charge in [0.2, 0.25) is 5.91 Å². The highest BCUT2D eigenvalue weighted by Crippen LogP contribution is 2.41. The highest BCUT2D eigenvalue weighted by Gasteiger charge is 2.31. The summed E-state index contributed by atoms with van der Waals surface area (Å²) in [6, 6.07) is 13.8. The average Bonchev–Trinajstić information content (AvgIpc) is 3.43. The summed E-state index contributed by atoms with van der Waals surface area (Å²) in [5.41, 5.74) is 1.74. The molecular formula is C19H19N5OS. The summed E-state index contributed by atoms with van der Waals surface area (Å²) >= 11 is 1.44. The van der Waals surface area contributed by atoms with Crippen LogP contribution in [0.15, 0.2) is 60.0 Å². The number of hydrogen-bond acceptors (Lipinski definition) is 5. The first-order valence-electron chi connectivity index (χ1n) is 8.60. The number of para-hydroxylation sites is 1. The van der Waals surface area contributed by atoms with E-state index in [9.17, 15) is 4.79 Å². The van der Waals surface area contributed by atoms with Crippen LogP contribution in [0.5, 0.6) is 0 Å². The largest absolute Gasteiger partial charge is 0.325 e. The molecule has 1 saturated carbocycles. The molecular weight excluding hydrogens is 346 g/mol. The maximum absolute atomic E-state index is 12.5. The van der Waals surface area contributed by atoms with Gasteiger partial charge in [0.15, 0.2) is 11.0 Å². The molecule has 0 aliphatic heterocycles. The van der Waals surface area contributed by atoms with Crippen LogP contribution in [0.4, 0.5) is 5.69 Å². The van der Waals surface area contributed by atoms with Gasteiger partial charge in [-0.25, -0.2) is 0 Å². The molecule has 1 aliphatic carbocycles. The lowest BCUT2D eigenvalue weighted by molar-refractivity contribution is -0.115. The van der Waals surface area contributed by atoms with Crippen LogP contribution < -0.4 is 5.32 Å². The first kappa shape index (κ1) is 16.8. The summed E-state index contributed by atoms with van der Waals surface area (Å²) in [4.78, 5) is 16.7. The molecule has 3 aromatic rings. The highest BCUT2D eigenvalue weighted by molar-refractivity contribution is 8.00. The summed E-state index contributed by atoms with van der Waals surface area (Å²) in [7, 11) is 0. The van der Waals surface area contributed by atoms with E-state index in [2.05, 4.69) is 25.1 Å². The van der Waals surface area contributed by atoms with Crippen LogP contribution in [-0.4, -0.2) is 30.9 Å². The Labute approximate surface area is 156 Å². The number of pyridine rings is 1. The number of amides is 1. The molecule has 1 aliphatic rings. The van der Waals surface area contributed by atoms with Crippen molar-refractivity contribution in [2.75, 3.05) is 5.32 Å². The van der Waals surface area contributed by atoms with Crippen LogP contribution >= 0.6 is 11.8 Å². The zero-order valence-corrected chi connectivity index (χ0v) is 15.2. The molecule has 0 saturated heterocycles. The first-order valence-corrected chi connectivity index (χ1v) is 9.48. The van der Waals surface area contributed by atoms with Gasteiger partial charge in [-0.2, -0.15) is 0 Å². The molecule has 26 heavy (non-hydrogen) atoms. The number of hydrogen-bond donors (Lipinski definition) is 1. The number of anilines is 1. The fourth-order valence-corrected chi connectivity index (χ4v) is 3.61. The van der Waals surface area contributed by atoms with Crippen molar-refractivity contribution in [1.29, 1.82) is 0 Å².